The number of piperidine rings is 1. The van der Waals surface area contributed by atoms with E-state index in [0.717, 1.165) is 4.90 Å². The van der Waals surface area contributed by atoms with Crippen LogP contribution in [0.2, 0.25) is 0 Å². The molecule has 2 aromatic rings. The highest BCUT2D eigenvalue weighted by molar-refractivity contribution is 6.06. The van der Waals surface area contributed by atoms with Gasteiger partial charge in [-0.3, -0.25) is 14.7 Å². The van der Waals surface area contributed by atoms with Crippen LogP contribution in [-0.2, 0) is 4.79 Å². The molecule has 0 spiro atoms. The number of carbonyl (C=O) groups is 2. The number of para-hydroxylation sites is 1. The van der Waals surface area contributed by atoms with Crippen molar-refractivity contribution in [3.63, 3.8) is 0 Å². The van der Waals surface area contributed by atoms with Gasteiger partial charge in [0.15, 0.2) is 5.69 Å². The molecule has 128 valence electrons. The molecule has 9 heteroatoms. The molecule has 2 amide bonds. The van der Waals surface area contributed by atoms with Crippen LogP contribution in [0.4, 0.5) is 13.2 Å². The summed E-state index contributed by atoms with van der Waals surface area (Å²) in [6, 6.07) is 6.00. The maximum Gasteiger partial charge on any atom is 0.406 e. The summed E-state index contributed by atoms with van der Waals surface area (Å²) in [5, 5.41) is 9.71. The summed E-state index contributed by atoms with van der Waals surface area (Å²) < 4.78 is 37.5. The number of nitrogens with one attached hydrogen (secondary N) is 2. The van der Waals surface area contributed by atoms with Gasteiger partial charge in [0.25, 0.3) is 5.91 Å². The zero-order chi connectivity index (χ0) is 17.3. The van der Waals surface area contributed by atoms with Crippen LogP contribution >= 0.6 is 0 Å². The first-order valence-corrected chi connectivity index (χ1v) is 7.44. The first-order valence-electron chi connectivity index (χ1n) is 7.44. The van der Waals surface area contributed by atoms with Crippen molar-refractivity contribution < 1.29 is 22.8 Å². The van der Waals surface area contributed by atoms with E-state index in [-0.39, 0.29) is 12.2 Å². The van der Waals surface area contributed by atoms with Crippen molar-refractivity contribution in [3.05, 3.63) is 30.0 Å². The molecule has 2 heterocycles. The molecule has 0 radical (unpaired) electrons. The van der Waals surface area contributed by atoms with Crippen molar-refractivity contribution in [1.29, 1.82) is 0 Å². The summed E-state index contributed by atoms with van der Waals surface area (Å²) in [6.07, 6.45) is -3.75. The molecule has 1 aromatic heterocycles. The number of rotatable bonds is 3. The van der Waals surface area contributed by atoms with E-state index in [4.69, 9.17) is 0 Å². The van der Waals surface area contributed by atoms with Crippen LogP contribution in [0.25, 0.3) is 10.9 Å². The molecule has 1 saturated heterocycles. The summed E-state index contributed by atoms with van der Waals surface area (Å²) in [6.45, 7) is -1.26. The number of benzene rings is 1. The number of fused-ring (bicyclic) bond motifs is 1. The van der Waals surface area contributed by atoms with Crippen molar-refractivity contribution in [2.24, 2.45) is 0 Å². The zero-order valence-electron chi connectivity index (χ0n) is 12.6. The maximum absolute atomic E-state index is 12.5. The third-order valence-electron chi connectivity index (χ3n) is 3.89. The van der Waals surface area contributed by atoms with Crippen molar-refractivity contribution in [2.75, 3.05) is 13.1 Å². The van der Waals surface area contributed by atoms with Crippen LogP contribution in [0.3, 0.4) is 0 Å². The van der Waals surface area contributed by atoms with E-state index in [1.807, 2.05) is 0 Å². The van der Waals surface area contributed by atoms with Gasteiger partial charge in [-0.1, -0.05) is 18.2 Å². The van der Waals surface area contributed by atoms with E-state index < -0.39 is 30.6 Å². The molecule has 0 saturated carbocycles. The Hall–Kier alpha value is -2.58. The molecular weight excluding hydrogens is 325 g/mol. The standard InChI is InChI=1S/C15H15F3N4O2/c16-15(17,18)8-22-7-3-6-11(14(22)24)19-13(23)12-9-4-1-2-5-10(9)20-21-12/h1-2,4-5,11H,3,6-8H2,(H,19,23)(H,20,21). The van der Waals surface area contributed by atoms with Gasteiger partial charge in [0.1, 0.15) is 12.6 Å². The second kappa shape index (κ2) is 6.14. The summed E-state index contributed by atoms with van der Waals surface area (Å²) >= 11 is 0. The number of nitrogens with zero attached hydrogens (tertiary/aromatic N) is 2. The minimum atomic E-state index is -4.46. The largest absolute Gasteiger partial charge is 0.406 e. The molecule has 1 atom stereocenters. The number of amides is 2. The van der Waals surface area contributed by atoms with Gasteiger partial charge in [0.2, 0.25) is 5.91 Å². The predicted octanol–water partition coefficient (Wildman–Crippen LogP) is 1.85. The first-order chi connectivity index (χ1) is 11.3. The normalized spacial score (nSPS) is 18.9. The monoisotopic (exact) mass is 340 g/mol. The molecule has 1 fully saturated rings. The number of halogens is 3. The molecule has 1 aliphatic heterocycles. The second-order valence-corrected chi connectivity index (χ2v) is 5.66. The quantitative estimate of drug-likeness (QED) is 0.895. The predicted molar refractivity (Wildman–Crippen MR) is 79.2 cm³/mol. The highest BCUT2D eigenvalue weighted by Gasteiger charge is 2.38. The van der Waals surface area contributed by atoms with Crippen LogP contribution in [0, 0.1) is 0 Å². The number of hydrogen-bond donors (Lipinski definition) is 2. The van der Waals surface area contributed by atoms with Crippen LogP contribution in [0.5, 0.6) is 0 Å². The minimum Gasteiger partial charge on any atom is -0.339 e. The number of H-pyrrole nitrogens is 1. The molecule has 3 rings (SSSR count). The van der Waals surface area contributed by atoms with Crippen molar-refractivity contribution >= 4 is 22.7 Å². The van der Waals surface area contributed by atoms with Crippen LogP contribution in [0.15, 0.2) is 24.3 Å². The van der Waals surface area contributed by atoms with Gasteiger partial charge in [-0.15, -0.1) is 0 Å². The lowest BCUT2D eigenvalue weighted by Crippen LogP contribution is -2.54. The average Bonchev–Trinajstić information content (AvgIpc) is 2.94. The van der Waals surface area contributed by atoms with Crippen LogP contribution < -0.4 is 5.32 Å². The Morgan fingerprint density at radius 2 is 2.12 bits per heavy atom. The molecule has 6 nitrogen and oxygen atoms in total. The number of likely N-dealkylation sites (tertiary alicyclic amines) is 1. The molecule has 0 bridgehead atoms. The Labute approximate surface area is 135 Å². The third kappa shape index (κ3) is 3.34. The van der Waals surface area contributed by atoms with E-state index in [1.165, 1.54) is 0 Å². The Bertz CT molecular complexity index is 771. The molecule has 0 aliphatic carbocycles. The van der Waals surface area contributed by atoms with E-state index >= 15 is 0 Å². The van der Waals surface area contributed by atoms with E-state index in [0.29, 0.717) is 23.7 Å². The third-order valence-corrected chi connectivity index (χ3v) is 3.89. The van der Waals surface area contributed by atoms with Crippen molar-refractivity contribution in [2.45, 2.75) is 25.1 Å². The van der Waals surface area contributed by atoms with Gasteiger partial charge in [0, 0.05) is 11.9 Å². The summed E-state index contributed by atoms with van der Waals surface area (Å²) in [7, 11) is 0. The highest BCUT2D eigenvalue weighted by Crippen LogP contribution is 2.21. The van der Waals surface area contributed by atoms with Crippen LogP contribution in [-0.4, -0.2) is 52.2 Å². The molecular formula is C15H15F3N4O2. The highest BCUT2D eigenvalue weighted by atomic mass is 19.4. The van der Waals surface area contributed by atoms with Gasteiger partial charge in [-0.05, 0) is 18.9 Å². The van der Waals surface area contributed by atoms with Gasteiger partial charge >= 0.3 is 6.18 Å². The summed E-state index contributed by atoms with van der Waals surface area (Å²) in [4.78, 5) is 25.2. The van der Waals surface area contributed by atoms with Crippen molar-refractivity contribution in [3.8, 4) is 0 Å². The topological polar surface area (TPSA) is 78.1 Å². The van der Waals surface area contributed by atoms with Gasteiger partial charge in [-0.2, -0.15) is 18.3 Å². The fourth-order valence-corrected chi connectivity index (χ4v) is 2.81. The van der Waals surface area contributed by atoms with E-state index in [9.17, 15) is 22.8 Å². The van der Waals surface area contributed by atoms with Gasteiger partial charge in [-0.25, -0.2) is 0 Å². The second-order valence-electron chi connectivity index (χ2n) is 5.66. The number of aromatic nitrogens is 2. The smallest absolute Gasteiger partial charge is 0.339 e. The lowest BCUT2D eigenvalue weighted by atomic mass is 10.0. The number of alkyl halides is 3. The zero-order valence-corrected chi connectivity index (χ0v) is 12.6. The Morgan fingerprint density at radius 1 is 1.38 bits per heavy atom. The minimum absolute atomic E-state index is 0.0377. The van der Waals surface area contributed by atoms with Crippen molar-refractivity contribution in [1.82, 2.24) is 20.4 Å². The lowest BCUT2D eigenvalue weighted by molar-refractivity contribution is -0.164. The fourth-order valence-electron chi connectivity index (χ4n) is 2.81. The number of carbonyl (C=O) groups excluding carboxylic acids is 2. The number of aromatic amines is 1. The fraction of sp³-hybridized carbons (Fsp3) is 0.400. The first kappa shape index (κ1) is 16.3. The molecule has 2 N–H and O–H groups in total. The molecule has 1 aromatic carbocycles. The average molecular weight is 340 g/mol. The Morgan fingerprint density at radius 3 is 2.88 bits per heavy atom. The van der Waals surface area contributed by atoms with Gasteiger partial charge < -0.3 is 10.2 Å². The summed E-state index contributed by atoms with van der Waals surface area (Å²) in [5.41, 5.74) is 0.780. The SMILES string of the molecule is O=C(NC1CCCN(CC(F)(F)F)C1=O)c1n[nH]c2ccccc12. The van der Waals surface area contributed by atoms with E-state index in [2.05, 4.69) is 15.5 Å². The summed E-state index contributed by atoms with van der Waals surface area (Å²) in [5.74, 6) is -1.30. The molecule has 1 aliphatic rings. The maximum atomic E-state index is 12.5. The molecule has 24 heavy (non-hydrogen) atoms. The Kier molecular flexibility index (Phi) is 4.16. The molecule has 1 unspecified atom stereocenters. The lowest BCUT2D eigenvalue weighted by Gasteiger charge is -2.32. The van der Waals surface area contributed by atoms with E-state index in [1.54, 1.807) is 24.3 Å². The Balaban J connectivity index is 1.73. The number of hydrogen-bond acceptors (Lipinski definition) is 3. The van der Waals surface area contributed by atoms with Crippen LogP contribution in [0.1, 0.15) is 23.3 Å². The van der Waals surface area contributed by atoms with Gasteiger partial charge in [0.05, 0.1) is 5.52 Å².